The molecule has 0 rings (SSSR count). The Labute approximate surface area is 54.1 Å². The molecule has 0 aromatic carbocycles. The molecule has 0 aliphatic carbocycles. The van der Waals surface area contributed by atoms with Gasteiger partial charge in [-0.15, -0.1) is 0 Å². The van der Waals surface area contributed by atoms with Gasteiger partial charge in [0.2, 0.25) is 0 Å². The molecule has 0 fully saturated rings. The van der Waals surface area contributed by atoms with Crippen LogP contribution in [0.3, 0.4) is 0 Å². The largest absolute Gasteiger partial charge is 2.00 e. The summed E-state index contributed by atoms with van der Waals surface area (Å²) in [7, 11) is 0. The smallest absolute Gasteiger partial charge is 0.358 e. The predicted molar refractivity (Wildman–Crippen MR) is 26.7 cm³/mol. The van der Waals surface area contributed by atoms with E-state index in [1.165, 1.54) is 5.92 Å². The maximum absolute atomic E-state index is 2.08. The van der Waals surface area contributed by atoms with Gasteiger partial charge in [-0.3, -0.25) is 0 Å². The van der Waals surface area contributed by atoms with Gasteiger partial charge in [0.25, 0.3) is 0 Å². The molecule has 0 aliphatic heterocycles. The van der Waals surface area contributed by atoms with Crippen LogP contribution >= 0.6 is 0 Å². The Bertz CT molecular complexity index is 8.66. The molecule has 0 nitrogen and oxygen atoms in total. The van der Waals surface area contributed by atoms with Gasteiger partial charge in [0.1, 0.15) is 0 Å². The normalized spacial score (nSPS) is 6.00. The standard InChI is InChI=1S/C4H9.CH3.Zn/c1-4(2)3;;/h1-3H3;1H3;/q2*-1;+2. The molecule has 0 N–H and O–H groups in total. The third kappa shape index (κ3) is 156. The van der Waals surface area contributed by atoms with Gasteiger partial charge in [0.05, 0.1) is 0 Å². The van der Waals surface area contributed by atoms with Gasteiger partial charge in [-0.2, -0.15) is 20.8 Å². The van der Waals surface area contributed by atoms with Crippen LogP contribution in [0.4, 0.5) is 0 Å². The third-order valence-electron chi connectivity index (χ3n) is 0. The van der Waals surface area contributed by atoms with Gasteiger partial charge in [0, 0.05) is 0 Å². The first-order valence-corrected chi connectivity index (χ1v) is 1.50. The van der Waals surface area contributed by atoms with Gasteiger partial charge in [-0.05, 0) is 0 Å². The molecule has 0 radical (unpaired) electrons. The van der Waals surface area contributed by atoms with Gasteiger partial charge in [-0.25, -0.2) is 0 Å². The molecule has 0 saturated carbocycles. The molecule has 0 heterocycles. The molecule has 0 aliphatic rings. The monoisotopic (exact) mass is 136 g/mol. The van der Waals surface area contributed by atoms with E-state index in [2.05, 4.69) is 20.8 Å². The van der Waals surface area contributed by atoms with Crippen LogP contribution in [0.5, 0.6) is 0 Å². The van der Waals surface area contributed by atoms with Crippen LogP contribution in [0.2, 0.25) is 0 Å². The molecule has 0 saturated heterocycles. The number of hydrogen-bond acceptors (Lipinski definition) is 0. The van der Waals surface area contributed by atoms with Crippen molar-refractivity contribution in [3.8, 4) is 0 Å². The third-order valence-corrected chi connectivity index (χ3v) is 0. The van der Waals surface area contributed by atoms with Crippen molar-refractivity contribution in [3.63, 3.8) is 0 Å². The fraction of sp³-hybridized carbons (Fsp3) is 0.600. The molecule has 0 aromatic rings. The summed E-state index contributed by atoms with van der Waals surface area (Å²) in [5, 5.41) is 0. The van der Waals surface area contributed by atoms with Crippen molar-refractivity contribution in [1.82, 2.24) is 0 Å². The Morgan fingerprint density at radius 1 is 1.00 bits per heavy atom. The second-order valence-electron chi connectivity index (χ2n) is 1.50. The minimum absolute atomic E-state index is 0. The van der Waals surface area contributed by atoms with Crippen LogP contribution in [0.25, 0.3) is 0 Å². The molecule has 6 heavy (non-hydrogen) atoms. The Balaban J connectivity index is -0.0000000450. The minimum Gasteiger partial charge on any atom is -0.358 e. The summed E-state index contributed by atoms with van der Waals surface area (Å²) in [6, 6.07) is 0. The summed E-state index contributed by atoms with van der Waals surface area (Å²) < 4.78 is 0. The van der Waals surface area contributed by atoms with Crippen molar-refractivity contribution >= 4 is 0 Å². The molecule has 1 heteroatoms. The van der Waals surface area contributed by atoms with E-state index in [-0.39, 0.29) is 26.9 Å². The number of hydrogen-bond donors (Lipinski definition) is 0. The zero-order valence-electron chi connectivity index (χ0n) is 5.21. The first-order chi connectivity index (χ1) is 1.73. The molecule has 34 valence electrons. The molecular formula is C5H12Zn. The van der Waals surface area contributed by atoms with Crippen LogP contribution in [-0.4, -0.2) is 0 Å². The van der Waals surface area contributed by atoms with Gasteiger partial charge < -0.3 is 13.3 Å². The Morgan fingerprint density at radius 3 is 1.00 bits per heavy atom. The molecule has 0 atom stereocenters. The summed E-state index contributed by atoms with van der Waals surface area (Å²) in [5.41, 5.74) is 0. The van der Waals surface area contributed by atoms with Crippen LogP contribution in [0.15, 0.2) is 0 Å². The maximum Gasteiger partial charge on any atom is 2.00 e. The van der Waals surface area contributed by atoms with Crippen LogP contribution in [0.1, 0.15) is 20.8 Å². The summed E-state index contributed by atoms with van der Waals surface area (Å²) in [6.07, 6.45) is 0. The van der Waals surface area contributed by atoms with E-state index in [1.807, 2.05) is 0 Å². The molecule has 0 unspecified atom stereocenters. The second-order valence-corrected chi connectivity index (χ2v) is 1.50. The fourth-order valence-electron chi connectivity index (χ4n) is 0. The van der Waals surface area contributed by atoms with E-state index >= 15 is 0 Å². The van der Waals surface area contributed by atoms with Crippen LogP contribution in [0, 0.1) is 13.3 Å². The second kappa shape index (κ2) is 9.16. The molecule has 0 spiro atoms. The van der Waals surface area contributed by atoms with Gasteiger partial charge >= 0.3 is 19.5 Å². The van der Waals surface area contributed by atoms with E-state index in [0.717, 1.165) is 0 Å². The predicted octanol–water partition coefficient (Wildman–Crippen LogP) is 2.07. The zero-order valence-corrected chi connectivity index (χ0v) is 8.17. The van der Waals surface area contributed by atoms with Crippen molar-refractivity contribution in [3.05, 3.63) is 13.3 Å². The zero-order chi connectivity index (χ0) is 3.58. The molecule has 0 aromatic heterocycles. The molecular weight excluding hydrogens is 125 g/mol. The topological polar surface area (TPSA) is 0 Å². The summed E-state index contributed by atoms with van der Waals surface area (Å²) in [5.74, 6) is 1.42. The van der Waals surface area contributed by atoms with Crippen molar-refractivity contribution < 1.29 is 19.5 Å². The van der Waals surface area contributed by atoms with Crippen LogP contribution < -0.4 is 0 Å². The number of rotatable bonds is 0. The quantitative estimate of drug-likeness (QED) is 0.354. The minimum atomic E-state index is 0. The Kier molecular flexibility index (Phi) is 24.3. The average molecular weight is 138 g/mol. The van der Waals surface area contributed by atoms with Crippen molar-refractivity contribution in [2.24, 2.45) is 0 Å². The summed E-state index contributed by atoms with van der Waals surface area (Å²) >= 11 is 0. The molecule has 0 bridgehead atoms. The van der Waals surface area contributed by atoms with E-state index in [4.69, 9.17) is 0 Å². The van der Waals surface area contributed by atoms with Gasteiger partial charge in [0.15, 0.2) is 0 Å². The molecule has 0 amide bonds. The van der Waals surface area contributed by atoms with E-state index in [9.17, 15) is 0 Å². The van der Waals surface area contributed by atoms with E-state index in [0.29, 0.717) is 0 Å². The Morgan fingerprint density at radius 2 is 1.00 bits per heavy atom. The van der Waals surface area contributed by atoms with Crippen molar-refractivity contribution in [1.29, 1.82) is 0 Å². The SMILES string of the molecule is C[C-](C)C.[CH3-].[Zn+2]. The van der Waals surface area contributed by atoms with E-state index < -0.39 is 0 Å². The summed E-state index contributed by atoms with van der Waals surface area (Å²) in [4.78, 5) is 0. The van der Waals surface area contributed by atoms with Crippen molar-refractivity contribution in [2.45, 2.75) is 20.8 Å². The fourth-order valence-corrected chi connectivity index (χ4v) is 0. The average Bonchev–Trinajstić information content (AvgIpc) is 0.811. The van der Waals surface area contributed by atoms with Crippen LogP contribution in [-0.2, 0) is 19.5 Å². The maximum atomic E-state index is 2.08. The Hall–Kier alpha value is 0.623. The first kappa shape index (κ1) is 16.0. The van der Waals surface area contributed by atoms with E-state index in [1.54, 1.807) is 0 Å². The summed E-state index contributed by atoms with van der Waals surface area (Å²) in [6.45, 7) is 6.25. The van der Waals surface area contributed by atoms with Crippen molar-refractivity contribution in [2.75, 3.05) is 0 Å². The first-order valence-electron chi connectivity index (χ1n) is 1.50. The van der Waals surface area contributed by atoms with Gasteiger partial charge in [-0.1, -0.05) is 0 Å².